The molecule has 3 aromatic rings. The first-order chi connectivity index (χ1) is 11.6. The predicted molar refractivity (Wildman–Crippen MR) is 91.1 cm³/mol. The van der Waals surface area contributed by atoms with E-state index in [1.54, 1.807) is 18.7 Å². The van der Waals surface area contributed by atoms with Gasteiger partial charge in [0.2, 0.25) is 0 Å². The zero-order chi connectivity index (χ0) is 16.7. The van der Waals surface area contributed by atoms with E-state index < -0.39 is 5.60 Å². The van der Waals surface area contributed by atoms with Gasteiger partial charge in [-0.15, -0.1) is 0 Å². The fourth-order valence-corrected chi connectivity index (χ4v) is 3.50. The molecule has 0 spiro atoms. The number of hydrogen-bond donors (Lipinski definition) is 1. The molecule has 0 unspecified atom stereocenters. The van der Waals surface area contributed by atoms with Crippen molar-refractivity contribution in [2.24, 2.45) is 0 Å². The molecule has 1 N–H and O–H groups in total. The molecule has 3 aromatic heterocycles. The van der Waals surface area contributed by atoms with Crippen LogP contribution in [-0.2, 0) is 6.54 Å². The summed E-state index contributed by atoms with van der Waals surface area (Å²) in [6.07, 6.45) is 8.62. The normalized spacial score (nSPS) is 17.5. The number of hydrogen-bond acceptors (Lipinski definition) is 5. The number of imidazole rings is 1. The Morgan fingerprint density at radius 1 is 1.21 bits per heavy atom. The van der Waals surface area contributed by atoms with Crippen LogP contribution < -0.4 is 4.90 Å². The van der Waals surface area contributed by atoms with Gasteiger partial charge < -0.3 is 14.6 Å². The molecule has 1 aliphatic heterocycles. The van der Waals surface area contributed by atoms with Crippen LogP contribution in [0.4, 0.5) is 5.82 Å². The molecule has 7 heteroatoms. The van der Waals surface area contributed by atoms with Crippen LogP contribution in [0.5, 0.6) is 0 Å². The fraction of sp³-hybridized carbons (Fsp3) is 0.471. The van der Waals surface area contributed by atoms with E-state index in [2.05, 4.69) is 26.9 Å². The Kier molecular flexibility index (Phi) is 3.53. The minimum atomic E-state index is -0.684. The van der Waals surface area contributed by atoms with Crippen molar-refractivity contribution in [3.8, 4) is 0 Å². The Bertz CT molecular complexity index is 845. The number of aryl methyl sites for hydroxylation is 1. The molecule has 1 saturated heterocycles. The Balaban J connectivity index is 1.58. The van der Waals surface area contributed by atoms with Gasteiger partial charge in [0, 0.05) is 42.8 Å². The van der Waals surface area contributed by atoms with Gasteiger partial charge in [0.15, 0.2) is 5.65 Å². The topological polar surface area (TPSA) is 71.5 Å². The van der Waals surface area contributed by atoms with Crippen molar-refractivity contribution in [1.29, 1.82) is 0 Å². The third-order valence-electron chi connectivity index (χ3n) is 5.01. The predicted octanol–water partition coefficient (Wildman–Crippen LogP) is 1.57. The first-order valence-corrected chi connectivity index (χ1v) is 8.30. The molecule has 1 fully saturated rings. The van der Waals surface area contributed by atoms with Crippen LogP contribution in [0.1, 0.15) is 24.1 Å². The smallest absolute Gasteiger partial charge is 0.157 e. The van der Waals surface area contributed by atoms with Crippen molar-refractivity contribution in [2.45, 2.75) is 38.8 Å². The number of nitrogens with zero attached hydrogens (tertiary/aromatic N) is 6. The highest BCUT2D eigenvalue weighted by atomic mass is 16.3. The van der Waals surface area contributed by atoms with Crippen molar-refractivity contribution < 1.29 is 5.11 Å². The summed E-state index contributed by atoms with van der Waals surface area (Å²) in [5.41, 5.74) is 2.35. The summed E-state index contributed by atoms with van der Waals surface area (Å²) in [5.74, 6) is 1.09. The Morgan fingerprint density at radius 2 is 2.00 bits per heavy atom. The zero-order valence-corrected chi connectivity index (χ0v) is 14.1. The van der Waals surface area contributed by atoms with Gasteiger partial charge in [-0.25, -0.2) is 9.97 Å². The summed E-state index contributed by atoms with van der Waals surface area (Å²) in [5, 5.41) is 15.3. The lowest BCUT2D eigenvalue weighted by atomic mass is 9.91. The monoisotopic (exact) mass is 326 g/mol. The van der Waals surface area contributed by atoms with Gasteiger partial charge in [-0.1, -0.05) is 0 Å². The standard InChI is InChI=1S/C17H22N6O/c1-13-14(2)20-15-3-6-19-23(15)16(13)22-8-4-17(24,5-9-22)11-21-10-7-18-12-21/h3,6-7,10,12,24H,4-5,8-9,11H2,1-2H3. The molecule has 0 aliphatic carbocycles. The lowest BCUT2D eigenvalue weighted by Gasteiger charge is -2.39. The van der Waals surface area contributed by atoms with Crippen molar-refractivity contribution >= 4 is 11.5 Å². The van der Waals surface area contributed by atoms with Crippen molar-refractivity contribution in [1.82, 2.24) is 24.1 Å². The number of piperidine rings is 1. The average molecular weight is 326 g/mol. The second kappa shape index (κ2) is 5.59. The summed E-state index contributed by atoms with van der Waals surface area (Å²) < 4.78 is 3.85. The summed E-state index contributed by atoms with van der Waals surface area (Å²) in [6.45, 7) is 6.30. The second-order valence-electron chi connectivity index (χ2n) is 6.69. The van der Waals surface area contributed by atoms with Crippen LogP contribution in [0, 0.1) is 13.8 Å². The Morgan fingerprint density at radius 3 is 2.71 bits per heavy atom. The molecule has 7 nitrogen and oxygen atoms in total. The van der Waals surface area contributed by atoms with Gasteiger partial charge in [-0.3, -0.25) is 0 Å². The van der Waals surface area contributed by atoms with Crippen molar-refractivity contribution in [3.05, 3.63) is 42.2 Å². The fourth-order valence-electron chi connectivity index (χ4n) is 3.50. The second-order valence-corrected chi connectivity index (χ2v) is 6.69. The third-order valence-corrected chi connectivity index (χ3v) is 5.01. The first-order valence-electron chi connectivity index (χ1n) is 8.30. The summed E-state index contributed by atoms with van der Waals surface area (Å²) in [6, 6.07) is 1.93. The molecular formula is C17H22N6O. The van der Waals surface area contributed by atoms with Gasteiger partial charge in [0.1, 0.15) is 5.82 Å². The van der Waals surface area contributed by atoms with E-state index in [1.807, 2.05) is 28.3 Å². The third kappa shape index (κ3) is 2.54. The van der Waals surface area contributed by atoms with E-state index in [9.17, 15) is 5.11 Å². The maximum atomic E-state index is 10.9. The SMILES string of the molecule is Cc1nc2ccnn2c(N2CCC(O)(Cn3ccnc3)CC2)c1C. The van der Waals surface area contributed by atoms with Crippen molar-refractivity contribution in [2.75, 3.05) is 18.0 Å². The molecule has 4 heterocycles. The number of aliphatic hydroxyl groups is 1. The lowest BCUT2D eigenvalue weighted by Crippen LogP contribution is -2.47. The molecule has 126 valence electrons. The molecule has 0 radical (unpaired) electrons. The summed E-state index contributed by atoms with van der Waals surface area (Å²) in [4.78, 5) is 10.9. The van der Waals surface area contributed by atoms with Gasteiger partial charge in [0.25, 0.3) is 0 Å². The highest BCUT2D eigenvalue weighted by molar-refractivity contribution is 5.56. The van der Waals surface area contributed by atoms with E-state index in [0.717, 1.165) is 48.7 Å². The molecule has 0 atom stereocenters. The first kappa shape index (κ1) is 15.1. The maximum absolute atomic E-state index is 10.9. The summed E-state index contributed by atoms with van der Waals surface area (Å²) >= 11 is 0. The van der Waals surface area contributed by atoms with Crippen LogP contribution in [0.2, 0.25) is 0 Å². The highest BCUT2D eigenvalue weighted by Crippen LogP contribution is 2.30. The molecule has 24 heavy (non-hydrogen) atoms. The van der Waals surface area contributed by atoms with E-state index >= 15 is 0 Å². The summed E-state index contributed by atoms with van der Waals surface area (Å²) in [7, 11) is 0. The van der Waals surface area contributed by atoms with Crippen LogP contribution >= 0.6 is 0 Å². The van der Waals surface area contributed by atoms with Gasteiger partial charge in [-0.05, 0) is 26.7 Å². The maximum Gasteiger partial charge on any atom is 0.157 e. The van der Waals surface area contributed by atoms with Crippen LogP contribution in [0.15, 0.2) is 31.0 Å². The van der Waals surface area contributed by atoms with Crippen LogP contribution in [0.25, 0.3) is 5.65 Å². The minimum absolute atomic E-state index is 0.590. The van der Waals surface area contributed by atoms with Gasteiger partial charge >= 0.3 is 0 Å². The highest BCUT2D eigenvalue weighted by Gasteiger charge is 2.34. The van der Waals surface area contributed by atoms with E-state index in [-0.39, 0.29) is 0 Å². The van der Waals surface area contributed by atoms with Crippen LogP contribution in [-0.4, -0.2) is 47.9 Å². The number of rotatable bonds is 3. The minimum Gasteiger partial charge on any atom is -0.388 e. The van der Waals surface area contributed by atoms with E-state index in [4.69, 9.17) is 0 Å². The average Bonchev–Trinajstić information content (AvgIpc) is 3.21. The molecule has 0 bridgehead atoms. The van der Waals surface area contributed by atoms with Crippen molar-refractivity contribution in [3.63, 3.8) is 0 Å². The molecule has 0 amide bonds. The number of anilines is 1. The zero-order valence-electron chi connectivity index (χ0n) is 14.1. The van der Waals surface area contributed by atoms with Crippen LogP contribution in [0.3, 0.4) is 0 Å². The van der Waals surface area contributed by atoms with Gasteiger partial charge in [0.05, 0.1) is 24.7 Å². The molecule has 0 saturated carbocycles. The quantitative estimate of drug-likeness (QED) is 0.791. The number of fused-ring (bicyclic) bond motifs is 1. The van der Waals surface area contributed by atoms with E-state index in [1.165, 1.54) is 0 Å². The lowest BCUT2D eigenvalue weighted by molar-refractivity contribution is -0.000258. The van der Waals surface area contributed by atoms with Gasteiger partial charge in [-0.2, -0.15) is 9.61 Å². The Labute approximate surface area is 140 Å². The molecule has 0 aromatic carbocycles. The molecule has 4 rings (SSSR count). The largest absolute Gasteiger partial charge is 0.388 e. The Hall–Kier alpha value is -2.41. The molecule has 1 aliphatic rings. The number of aromatic nitrogens is 5. The van der Waals surface area contributed by atoms with E-state index in [0.29, 0.717) is 6.54 Å². The molecular weight excluding hydrogens is 304 g/mol.